The van der Waals surface area contributed by atoms with E-state index in [1.54, 1.807) is 6.20 Å². The molecule has 1 unspecified atom stereocenters. The number of aliphatic hydroxyl groups is 1. The second-order valence-corrected chi connectivity index (χ2v) is 5.97. The Hall–Kier alpha value is -1.95. The van der Waals surface area contributed by atoms with Crippen LogP contribution in [0.2, 0.25) is 0 Å². The van der Waals surface area contributed by atoms with Crippen LogP contribution in [0.1, 0.15) is 44.9 Å². The van der Waals surface area contributed by atoms with Crippen LogP contribution in [-0.2, 0) is 6.42 Å². The van der Waals surface area contributed by atoms with Crippen LogP contribution in [0.4, 0.5) is 4.39 Å². The van der Waals surface area contributed by atoms with Crippen molar-refractivity contribution in [3.05, 3.63) is 39.7 Å². The summed E-state index contributed by atoms with van der Waals surface area (Å²) in [6.45, 7) is 7.70. The smallest absolute Gasteiger partial charge is 0.300 e. The Morgan fingerprint density at radius 2 is 2.09 bits per heavy atom. The van der Waals surface area contributed by atoms with Crippen molar-refractivity contribution in [2.75, 3.05) is 13.2 Å². The van der Waals surface area contributed by atoms with Crippen LogP contribution in [0.25, 0.3) is 5.65 Å². The lowest BCUT2D eigenvalue weighted by molar-refractivity contribution is 0.198. The van der Waals surface area contributed by atoms with E-state index in [-0.39, 0.29) is 30.5 Å². The second-order valence-electron chi connectivity index (χ2n) is 5.97. The molecule has 6 heteroatoms. The monoisotopic (exact) mass is 322 g/mol. The molecular weight excluding hydrogens is 299 g/mol. The van der Waals surface area contributed by atoms with Crippen LogP contribution in [0, 0.1) is 11.7 Å². The highest BCUT2D eigenvalue weighted by molar-refractivity contribution is 5.46. The zero-order chi connectivity index (χ0) is 17.1. The van der Waals surface area contributed by atoms with E-state index >= 15 is 0 Å². The molecule has 0 aliphatic rings. The highest BCUT2D eigenvalue weighted by Gasteiger charge is 2.18. The number of fused-ring (bicyclic) bond motifs is 1. The maximum absolute atomic E-state index is 14.4. The van der Waals surface area contributed by atoms with E-state index in [4.69, 9.17) is 9.84 Å². The van der Waals surface area contributed by atoms with Crippen LogP contribution in [0.15, 0.2) is 17.1 Å². The highest BCUT2D eigenvalue weighted by atomic mass is 19.1. The number of hydrogen-bond acceptors (Lipinski definition) is 4. The van der Waals surface area contributed by atoms with Crippen molar-refractivity contribution in [2.24, 2.45) is 5.92 Å². The largest absolute Gasteiger partial charge is 0.484 e. The SMILES string of the molecule is CCc1nc2c(F)cc(C(C)C(C)C)cn2c(=O)c1OCCO. The Morgan fingerprint density at radius 1 is 1.39 bits per heavy atom. The van der Waals surface area contributed by atoms with Gasteiger partial charge < -0.3 is 9.84 Å². The van der Waals surface area contributed by atoms with Gasteiger partial charge in [0.1, 0.15) is 6.61 Å². The zero-order valence-corrected chi connectivity index (χ0v) is 14.0. The first-order valence-electron chi connectivity index (χ1n) is 7.89. The van der Waals surface area contributed by atoms with Gasteiger partial charge >= 0.3 is 5.56 Å². The summed E-state index contributed by atoms with van der Waals surface area (Å²) in [5, 5.41) is 8.90. The summed E-state index contributed by atoms with van der Waals surface area (Å²) in [6, 6.07) is 1.44. The van der Waals surface area contributed by atoms with Crippen molar-refractivity contribution in [3.63, 3.8) is 0 Å². The molecule has 2 aromatic rings. The summed E-state index contributed by atoms with van der Waals surface area (Å²) in [5.74, 6) is -0.0210. The maximum Gasteiger partial charge on any atom is 0.300 e. The second kappa shape index (κ2) is 7.08. The topological polar surface area (TPSA) is 63.8 Å². The van der Waals surface area contributed by atoms with Crippen molar-refractivity contribution < 1.29 is 14.2 Å². The van der Waals surface area contributed by atoms with E-state index in [9.17, 15) is 9.18 Å². The number of aryl methyl sites for hydroxylation is 1. The summed E-state index contributed by atoms with van der Waals surface area (Å²) in [5.41, 5.74) is 0.693. The van der Waals surface area contributed by atoms with E-state index in [2.05, 4.69) is 4.98 Å². The average molecular weight is 322 g/mol. The summed E-state index contributed by atoms with van der Waals surface area (Å²) in [6.07, 6.45) is 2.07. The van der Waals surface area contributed by atoms with E-state index in [0.717, 1.165) is 5.56 Å². The van der Waals surface area contributed by atoms with E-state index in [0.29, 0.717) is 18.0 Å². The lowest BCUT2D eigenvalue weighted by atomic mass is 9.91. The molecule has 1 N–H and O–H groups in total. The molecule has 0 saturated carbocycles. The van der Waals surface area contributed by atoms with Gasteiger partial charge in [-0.25, -0.2) is 9.37 Å². The molecule has 0 aliphatic heterocycles. The lowest BCUT2D eigenvalue weighted by Crippen LogP contribution is -2.23. The number of nitrogens with zero attached hydrogens (tertiary/aromatic N) is 2. The molecule has 126 valence electrons. The molecule has 0 bridgehead atoms. The number of halogens is 1. The quantitative estimate of drug-likeness (QED) is 0.887. The average Bonchev–Trinajstić information content (AvgIpc) is 2.53. The molecule has 0 radical (unpaired) electrons. The number of ether oxygens (including phenoxy) is 1. The van der Waals surface area contributed by atoms with Gasteiger partial charge in [0, 0.05) is 6.20 Å². The highest BCUT2D eigenvalue weighted by Crippen LogP contribution is 2.25. The normalized spacial score (nSPS) is 12.8. The third kappa shape index (κ3) is 3.37. The van der Waals surface area contributed by atoms with E-state index in [1.165, 1.54) is 10.5 Å². The van der Waals surface area contributed by atoms with Gasteiger partial charge in [0.2, 0.25) is 5.75 Å². The minimum absolute atomic E-state index is 0.000552. The molecular formula is C17H23FN2O3. The van der Waals surface area contributed by atoms with Gasteiger partial charge in [-0.2, -0.15) is 0 Å². The summed E-state index contributed by atoms with van der Waals surface area (Å²) in [7, 11) is 0. The number of rotatable bonds is 6. The van der Waals surface area contributed by atoms with Gasteiger partial charge in [0.05, 0.1) is 12.3 Å². The van der Waals surface area contributed by atoms with Gasteiger partial charge in [-0.1, -0.05) is 27.7 Å². The summed E-state index contributed by atoms with van der Waals surface area (Å²) in [4.78, 5) is 16.9. The van der Waals surface area contributed by atoms with E-state index < -0.39 is 11.4 Å². The number of hydrogen-bond donors (Lipinski definition) is 1. The molecule has 0 saturated heterocycles. The zero-order valence-electron chi connectivity index (χ0n) is 14.0. The Labute approximate surface area is 134 Å². The summed E-state index contributed by atoms with van der Waals surface area (Å²) < 4.78 is 21.0. The van der Waals surface area contributed by atoms with Gasteiger partial charge in [-0.3, -0.25) is 9.20 Å². The van der Waals surface area contributed by atoms with Crippen molar-refractivity contribution >= 4 is 5.65 Å². The van der Waals surface area contributed by atoms with Gasteiger partial charge in [-0.05, 0) is 29.9 Å². The molecule has 0 aliphatic carbocycles. The van der Waals surface area contributed by atoms with Crippen LogP contribution in [-0.4, -0.2) is 27.7 Å². The molecule has 2 heterocycles. The fourth-order valence-electron chi connectivity index (χ4n) is 2.41. The molecule has 0 fully saturated rings. The van der Waals surface area contributed by atoms with Gasteiger partial charge in [0.15, 0.2) is 11.5 Å². The molecule has 2 rings (SSSR count). The van der Waals surface area contributed by atoms with E-state index in [1.807, 2.05) is 27.7 Å². The molecule has 23 heavy (non-hydrogen) atoms. The predicted octanol–water partition coefficient (Wildman–Crippen LogP) is 2.53. The minimum Gasteiger partial charge on any atom is -0.484 e. The fraction of sp³-hybridized carbons (Fsp3) is 0.529. The maximum atomic E-state index is 14.4. The molecule has 5 nitrogen and oxygen atoms in total. The first-order valence-corrected chi connectivity index (χ1v) is 7.89. The Bertz CT molecular complexity index is 756. The van der Waals surface area contributed by atoms with Crippen molar-refractivity contribution in [2.45, 2.75) is 40.0 Å². The first kappa shape index (κ1) is 17.4. The molecule has 1 atom stereocenters. The molecule has 0 amide bonds. The molecule has 2 aromatic heterocycles. The van der Waals surface area contributed by atoms with Crippen LogP contribution in [0.5, 0.6) is 5.75 Å². The Morgan fingerprint density at radius 3 is 2.65 bits per heavy atom. The third-order valence-electron chi connectivity index (χ3n) is 4.13. The third-order valence-corrected chi connectivity index (χ3v) is 4.13. The van der Waals surface area contributed by atoms with Crippen molar-refractivity contribution in [3.8, 4) is 5.75 Å². The number of pyridine rings is 1. The van der Waals surface area contributed by atoms with Crippen molar-refractivity contribution in [1.82, 2.24) is 9.38 Å². The Kier molecular flexibility index (Phi) is 5.36. The van der Waals surface area contributed by atoms with Crippen LogP contribution in [0.3, 0.4) is 0 Å². The molecule has 0 aromatic carbocycles. The number of aliphatic hydroxyl groups excluding tert-OH is 1. The van der Waals surface area contributed by atoms with Gasteiger partial charge in [-0.15, -0.1) is 0 Å². The molecule has 0 spiro atoms. The Balaban J connectivity index is 2.71. The fourth-order valence-corrected chi connectivity index (χ4v) is 2.41. The standard InChI is InChI=1S/C17H23FN2O3/c1-5-14-15(23-7-6-21)17(22)20-9-12(11(4)10(2)3)8-13(18)16(20)19-14/h8-11,21H,5-7H2,1-4H3. The van der Waals surface area contributed by atoms with Crippen LogP contribution >= 0.6 is 0 Å². The minimum atomic E-state index is -0.518. The predicted molar refractivity (Wildman–Crippen MR) is 86.6 cm³/mol. The van der Waals surface area contributed by atoms with Crippen molar-refractivity contribution in [1.29, 1.82) is 0 Å². The van der Waals surface area contributed by atoms with Gasteiger partial charge in [0.25, 0.3) is 0 Å². The number of aromatic nitrogens is 2. The lowest BCUT2D eigenvalue weighted by Gasteiger charge is -2.18. The first-order chi connectivity index (χ1) is 10.9. The van der Waals surface area contributed by atoms with Crippen LogP contribution < -0.4 is 10.3 Å². The summed E-state index contributed by atoms with van der Waals surface area (Å²) >= 11 is 0.